The van der Waals surface area contributed by atoms with E-state index in [1.807, 2.05) is 68.4 Å². The van der Waals surface area contributed by atoms with Gasteiger partial charge in [0.1, 0.15) is 16.3 Å². The van der Waals surface area contributed by atoms with Crippen LogP contribution < -0.4 is 5.32 Å². The average Bonchev–Trinajstić information content (AvgIpc) is 3.13. The topological polar surface area (TPSA) is 66.5 Å². The summed E-state index contributed by atoms with van der Waals surface area (Å²) in [6.07, 6.45) is 0. The number of nitrogens with one attached hydrogen (secondary N) is 1. The Hall–Kier alpha value is -2.67. The van der Waals surface area contributed by atoms with Gasteiger partial charge in [0.2, 0.25) is 17.7 Å². The van der Waals surface area contributed by atoms with E-state index in [2.05, 4.69) is 21.2 Å². The van der Waals surface area contributed by atoms with Crippen molar-refractivity contribution in [3.8, 4) is 0 Å². The second kappa shape index (κ2) is 7.91. The summed E-state index contributed by atoms with van der Waals surface area (Å²) in [6, 6.07) is 18.6. The molecule has 4 aliphatic rings. The van der Waals surface area contributed by atoms with Crippen LogP contribution >= 0.6 is 39.1 Å². The van der Waals surface area contributed by atoms with E-state index in [4.69, 9.17) is 23.2 Å². The quantitative estimate of drug-likeness (QED) is 0.322. The molecule has 1 aliphatic heterocycles. The van der Waals surface area contributed by atoms with Gasteiger partial charge in [-0.25, -0.2) is 0 Å². The van der Waals surface area contributed by atoms with Gasteiger partial charge in [-0.05, 0) is 59.4 Å². The normalized spacial score (nSPS) is 27.5. The second-order valence-corrected chi connectivity index (χ2v) is 11.7. The minimum absolute atomic E-state index is 0.411. The van der Waals surface area contributed by atoms with Crippen LogP contribution in [0.25, 0.3) is 0 Å². The van der Waals surface area contributed by atoms with Gasteiger partial charge >= 0.3 is 0 Å². The SMILES string of the molecule is Cc1c(Br)ccc(NC(=O)CN2C(=O)[C@H]3[C@H](C2=O)C2(Cl)c4ccccc4C3(Cl)c3ccccc32)c1C. The van der Waals surface area contributed by atoms with Crippen molar-refractivity contribution in [3.63, 3.8) is 0 Å². The molecule has 0 spiro atoms. The van der Waals surface area contributed by atoms with Crippen molar-refractivity contribution < 1.29 is 14.4 Å². The first-order valence-electron chi connectivity index (χ1n) is 11.6. The van der Waals surface area contributed by atoms with Gasteiger partial charge in [-0.15, -0.1) is 23.2 Å². The molecule has 1 saturated heterocycles. The molecule has 7 rings (SSSR count). The number of imide groups is 1. The van der Waals surface area contributed by atoms with E-state index in [-0.39, 0.29) is 0 Å². The van der Waals surface area contributed by atoms with Gasteiger partial charge in [-0.3, -0.25) is 19.3 Å². The number of amides is 3. The molecule has 0 radical (unpaired) electrons. The Balaban J connectivity index is 1.40. The molecule has 3 aliphatic carbocycles. The van der Waals surface area contributed by atoms with Crippen molar-refractivity contribution in [2.75, 3.05) is 11.9 Å². The van der Waals surface area contributed by atoms with Gasteiger partial charge in [0.25, 0.3) is 0 Å². The second-order valence-electron chi connectivity index (χ2n) is 9.63. The molecular formula is C28H21BrCl2N2O3. The standard InChI is InChI=1S/C28H21BrCl2N2O3/c1-14-15(2)21(12-11-20(14)29)32-22(34)13-33-25(35)23-24(26(33)36)28(31)17-8-4-3-7-16(17)27(23,30)18-9-5-6-10-19(18)28/h3-12,23-24H,13H2,1-2H3,(H,32,34)/t23-,24-,27?,28?/m1/s1. The molecule has 3 amide bonds. The van der Waals surface area contributed by atoms with E-state index in [1.54, 1.807) is 6.07 Å². The van der Waals surface area contributed by atoms with Gasteiger partial charge in [0.15, 0.2) is 0 Å². The predicted molar refractivity (Wildman–Crippen MR) is 142 cm³/mol. The highest BCUT2D eigenvalue weighted by molar-refractivity contribution is 9.10. The molecule has 8 heteroatoms. The number of alkyl halides is 2. The van der Waals surface area contributed by atoms with E-state index < -0.39 is 45.9 Å². The summed E-state index contributed by atoms with van der Waals surface area (Å²) in [6.45, 7) is 3.43. The van der Waals surface area contributed by atoms with Crippen molar-refractivity contribution >= 4 is 62.5 Å². The van der Waals surface area contributed by atoms with Crippen molar-refractivity contribution in [1.29, 1.82) is 0 Å². The molecular weight excluding hydrogens is 563 g/mol. The molecule has 182 valence electrons. The Morgan fingerprint density at radius 2 is 1.28 bits per heavy atom. The zero-order chi connectivity index (χ0) is 25.6. The van der Waals surface area contributed by atoms with Crippen LogP contribution in [-0.2, 0) is 24.1 Å². The Morgan fingerprint density at radius 3 is 1.72 bits per heavy atom. The fraction of sp³-hybridized carbons (Fsp3) is 0.250. The zero-order valence-corrected chi connectivity index (χ0v) is 22.5. The molecule has 0 saturated carbocycles. The summed E-state index contributed by atoms with van der Waals surface area (Å²) in [5.41, 5.74) is 5.44. The van der Waals surface area contributed by atoms with Crippen LogP contribution in [0.4, 0.5) is 5.69 Å². The fourth-order valence-corrected chi connectivity index (χ4v) is 7.66. The van der Waals surface area contributed by atoms with Crippen LogP contribution in [0, 0.1) is 25.7 Å². The fourth-order valence-electron chi connectivity index (χ4n) is 6.14. The van der Waals surface area contributed by atoms with Gasteiger partial charge < -0.3 is 5.32 Å². The third-order valence-corrected chi connectivity index (χ3v) is 10.1. The van der Waals surface area contributed by atoms with Gasteiger partial charge in [0.05, 0.1) is 11.8 Å². The van der Waals surface area contributed by atoms with E-state index in [0.29, 0.717) is 5.69 Å². The highest BCUT2D eigenvalue weighted by Crippen LogP contribution is 2.69. The average molecular weight is 584 g/mol. The summed E-state index contributed by atoms with van der Waals surface area (Å²) in [5, 5.41) is 2.85. The van der Waals surface area contributed by atoms with Gasteiger partial charge in [0, 0.05) is 10.2 Å². The minimum Gasteiger partial charge on any atom is -0.324 e. The Bertz CT molecular complexity index is 1380. The largest absolute Gasteiger partial charge is 0.324 e. The first kappa shape index (κ1) is 23.7. The Kier molecular flexibility index (Phi) is 5.21. The van der Waals surface area contributed by atoms with E-state index in [9.17, 15) is 14.4 Å². The highest BCUT2D eigenvalue weighted by atomic mass is 79.9. The number of carbonyl (C=O) groups is 3. The highest BCUT2D eigenvalue weighted by Gasteiger charge is 2.73. The zero-order valence-electron chi connectivity index (χ0n) is 19.4. The first-order chi connectivity index (χ1) is 17.1. The van der Waals surface area contributed by atoms with E-state index >= 15 is 0 Å². The van der Waals surface area contributed by atoms with Crippen LogP contribution in [0.5, 0.6) is 0 Å². The van der Waals surface area contributed by atoms with Crippen molar-refractivity contribution in [3.05, 3.63) is 98.5 Å². The number of anilines is 1. The van der Waals surface area contributed by atoms with E-state index in [1.165, 1.54) is 0 Å². The molecule has 3 aromatic rings. The van der Waals surface area contributed by atoms with Gasteiger partial charge in [-0.2, -0.15) is 0 Å². The number of hydrogen-bond donors (Lipinski definition) is 1. The summed E-state index contributed by atoms with van der Waals surface area (Å²) in [7, 11) is 0. The van der Waals surface area contributed by atoms with Crippen molar-refractivity contribution in [2.45, 2.75) is 23.6 Å². The minimum atomic E-state index is -1.26. The molecule has 36 heavy (non-hydrogen) atoms. The molecule has 3 aromatic carbocycles. The molecule has 0 unspecified atom stereocenters. The molecule has 0 aromatic heterocycles. The number of halogens is 3. The molecule has 5 nitrogen and oxygen atoms in total. The lowest BCUT2D eigenvalue weighted by atomic mass is 9.54. The van der Waals surface area contributed by atoms with Crippen LogP contribution in [0.3, 0.4) is 0 Å². The van der Waals surface area contributed by atoms with Crippen molar-refractivity contribution in [1.82, 2.24) is 4.90 Å². The summed E-state index contributed by atoms with van der Waals surface area (Å²) >= 11 is 18.3. The number of carbonyl (C=O) groups excluding carboxylic acids is 3. The molecule has 1 N–H and O–H groups in total. The summed E-state index contributed by atoms with van der Waals surface area (Å²) < 4.78 is 0.932. The van der Waals surface area contributed by atoms with Crippen LogP contribution in [-0.4, -0.2) is 29.2 Å². The Labute approximate surface area is 226 Å². The maximum atomic E-state index is 13.8. The third-order valence-electron chi connectivity index (χ3n) is 7.97. The van der Waals surface area contributed by atoms with Crippen LogP contribution in [0.1, 0.15) is 33.4 Å². The lowest BCUT2D eigenvalue weighted by molar-refractivity contribution is -0.142. The van der Waals surface area contributed by atoms with Crippen LogP contribution in [0.2, 0.25) is 0 Å². The number of benzene rings is 3. The monoisotopic (exact) mass is 582 g/mol. The third kappa shape index (κ3) is 2.86. The smallest absolute Gasteiger partial charge is 0.244 e. The molecule has 2 atom stereocenters. The van der Waals surface area contributed by atoms with Crippen LogP contribution in [0.15, 0.2) is 65.1 Å². The first-order valence-corrected chi connectivity index (χ1v) is 13.1. The van der Waals surface area contributed by atoms with Crippen molar-refractivity contribution in [2.24, 2.45) is 11.8 Å². The summed E-state index contributed by atoms with van der Waals surface area (Å²) in [5.74, 6) is -3.26. The molecule has 1 fully saturated rings. The lowest BCUT2D eigenvalue weighted by Crippen LogP contribution is -2.57. The predicted octanol–water partition coefficient (Wildman–Crippen LogP) is 5.60. The number of rotatable bonds is 3. The number of nitrogens with zero attached hydrogens (tertiary/aromatic N) is 1. The lowest BCUT2D eigenvalue weighted by Gasteiger charge is -2.54. The Morgan fingerprint density at radius 1 is 0.833 bits per heavy atom. The number of hydrogen-bond acceptors (Lipinski definition) is 3. The maximum absolute atomic E-state index is 13.8. The summed E-state index contributed by atoms with van der Waals surface area (Å²) in [4.78, 5) is 39.2. The van der Waals surface area contributed by atoms with E-state index in [0.717, 1.165) is 42.8 Å². The maximum Gasteiger partial charge on any atom is 0.244 e. The number of likely N-dealkylation sites (tertiary alicyclic amines) is 1. The molecule has 2 bridgehead atoms. The molecule has 1 heterocycles. The van der Waals surface area contributed by atoms with Gasteiger partial charge in [-0.1, -0.05) is 64.5 Å².